The van der Waals surface area contributed by atoms with Gasteiger partial charge in [-0.3, -0.25) is 9.78 Å². The number of hydrogen-bond donors (Lipinski definition) is 1. The molecule has 0 atom stereocenters. The quantitative estimate of drug-likeness (QED) is 0.202. The minimum atomic E-state index is -0.180. The predicted octanol–water partition coefficient (Wildman–Crippen LogP) is 6.73. The highest BCUT2D eigenvalue weighted by Crippen LogP contribution is 2.36. The number of carbonyl (C=O) groups excluding carboxylic acids is 1. The van der Waals surface area contributed by atoms with Gasteiger partial charge in [0.1, 0.15) is 6.61 Å². The predicted molar refractivity (Wildman–Crippen MR) is 164 cm³/mol. The topological polar surface area (TPSA) is 72.3 Å². The highest BCUT2D eigenvalue weighted by atomic mass is 35.5. The molecule has 1 aliphatic heterocycles. The Balaban J connectivity index is 1.13. The van der Waals surface area contributed by atoms with Gasteiger partial charge in [0.05, 0.1) is 46.7 Å². The van der Waals surface area contributed by atoms with E-state index in [1.54, 1.807) is 29.5 Å². The molecule has 3 heterocycles. The maximum atomic E-state index is 13.1. The van der Waals surface area contributed by atoms with Crippen molar-refractivity contribution in [3.63, 3.8) is 0 Å². The van der Waals surface area contributed by atoms with Gasteiger partial charge in [0.2, 0.25) is 0 Å². The number of benzene rings is 3. The smallest absolute Gasteiger partial charge is 0.255 e. The van der Waals surface area contributed by atoms with Crippen molar-refractivity contribution < 1.29 is 9.53 Å². The lowest BCUT2D eigenvalue weighted by Gasteiger charge is -2.32. The van der Waals surface area contributed by atoms with Gasteiger partial charge in [-0.1, -0.05) is 59.6 Å². The third-order valence-electron chi connectivity index (χ3n) is 7.06. The molecule has 0 bridgehead atoms. The standard InChI is InChI=1S/C31H27Cl2N5O2S/c32-24-9-8-22(27(33)14-24)10-11-36-31(39)26-2-1-3-28-30(26)40-13-12-37(28)18-25-15-34-19-38(25)17-21-4-6-23(7-5-21)29-16-35-20-41-29/h1-9,14-16,19-20H,10-13,17-18H2,(H,36,39). The van der Waals surface area contributed by atoms with Crippen LogP contribution in [0, 0.1) is 0 Å². The molecule has 1 aliphatic rings. The Labute approximate surface area is 252 Å². The summed E-state index contributed by atoms with van der Waals surface area (Å²) in [4.78, 5) is 25.1. The molecule has 3 aromatic carbocycles. The van der Waals surface area contributed by atoms with Crippen LogP contribution in [0.5, 0.6) is 5.75 Å². The van der Waals surface area contributed by atoms with E-state index in [2.05, 4.69) is 49.0 Å². The van der Waals surface area contributed by atoms with Crippen molar-refractivity contribution in [2.24, 2.45) is 0 Å². The summed E-state index contributed by atoms with van der Waals surface area (Å²) in [7, 11) is 0. The molecule has 5 aromatic rings. The Morgan fingerprint density at radius 2 is 1.90 bits per heavy atom. The van der Waals surface area contributed by atoms with Crippen molar-refractivity contribution in [3.8, 4) is 16.2 Å². The summed E-state index contributed by atoms with van der Waals surface area (Å²) < 4.78 is 8.19. The van der Waals surface area contributed by atoms with Crippen LogP contribution in [0.25, 0.3) is 10.4 Å². The van der Waals surface area contributed by atoms with E-state index < -0.39 is 0 Å². The second-order valence-corrected chi connectivity index (χ2v) is 11.5. The summed E-state index contributed by atoms with van der Waals surface area (Å²) in [6.45, 7) is 3.01. The Hall–Kier alpha value is -3.85. The first-order valence-electron chi connectivity index (χ1n) is 13.2. The summed E-state index contributed by atoms with van der Waals surface area (Å²) in [6.07, 6.45) is 6.26. The van der Waals surface area contributed by atoms with E-state index in [0.29, 0.717) is 54.0 Å². The zero-order valence-electron chi connectivity index (χ0n) is 22.1. The average Bonchev–Trinajstić information content (AvgIpc) is 3.67. The second-order valence-electron chi connectivity index (χ2n) is 9.74. The Kier molecular flexibility index (Phi) is 8.23. The van der Waals surface area contributed by atoms with Crippen LogP contribution in [-0.4, -0.2) is 40.1 Å². The average molecular weight is 605 g/mol. The first-order chi connectivity index (χ1) is 20.0. The van der Waals surface area contributed by atoms with Gasteiger partial charge in [-0.2, -0.15) is 0 Å². The molecule has 6 rings (SSSR count). The van der Waals surface area contributed by atoms with Crippen molar-refractivity contribution in [2.45, 2.75) is 19.5 Å². The molecular formula is C31H27Cl2N5O2S. The summed E-state index contributed by atoms with van der Waals surface area (Å²) in [5.74, 6) is 0.422. The molecule has 0 aliphatic carbocycles. The number of rotatable bonds is 9. The summed E-state index contributed by atoms with van der Waals surface area (Å²) in [5, 5.41) is 4.18. The van der Waals surface area contributed by atoms with Crippen LogP contribution in [0.2, 0.25) is 10.0 Å². The third-order valence-corrected chi connectivity index (χ3v) is 8.47. The molecule has 0 fully saturated rings. The van der Waals surface area contributed by atoms with Crippen molar-refractivity contribution in [2.75, 3.05) is 24.6 Å². The van der Waals surface area contributed by atoms with Gasteiger partial charge in [0.15, 0.2) is 5.75 Å². The fourth-order valence-electron chi connectivity index (χ4n) is 4.92. The maximum absolute atomic E-state index is 13.1. The van der Waals surface area contributed by atoms with Gasteiger partial charge in [-0.15, -0.1) is 11.3 Å². The van der Waals surface area contributed by atoms with Crippen molar-refractivity contribution in [3.05, 3.63) is 117 Å². The molecule has 2 aromatic heterocycles. The SMILES string of the molecule is O=C(NCCc1ccc(Cl)cc1Cl)c1cccc2c1OCCN2Cc1cncn1Cc1ccc(-c2cncs2)cc1. The first kappa shape index (κ1) is 27.3. The van der Waals surface area contributed by atoms with Gasteiger partial charge in [-0.05, 0) is 47.4 Å². The first-order valence-corrected chi connectivity index (χ1v) is 14.9. The van der Waals surface area contributed by atoms with Crippen LogP contribution >= 0.6 is 34.5 Å². The molecular weight excluding hydrogens is 577 g/mol. The fourth-order valence-corrected chi connectivity index (χ4v) is 6.06. The number of nitrogens with zero attached hydrogens (tertiary/aromatic N) is 4. The zero-order chi connectivity index (χ0) is 28.2. The lowest BCUT2D eigenvalue weighted by Crippen LogP contribution is -2.34. The number of thiazole rings is 1. The summed E-state index contributed by atoms with van der Waals surface area (Å²) in [5.41, 5.74) is 7.63. The van der Waals surface area contributed by atoms with E-state index in [0.717, 1.165) is 28.4 Å². The van der Waals surface area contributed by atoms with E-state index in [-0.39, 0.29) is 5.91 Å². The molecule has 10 heteroatoms. The molecule has 7 nitrogen and oxygen atoms in total. The van der Waals surface area contributed by atoms with Crippen molar-refractivity contribution >= 4 is 46.1 Å². The van der Waals surface area contributed by atoms with Crippen molar-refractivity contribution in [1.82, 2.24) is 19.9 Å². The molecule has 1 N–H and O–H groups in total. The van der Waals surface area contributed by atoms with Crippen LogP contribution in [-0.2, 0) is 19.5 Å². The maximum Gasteiger partial charge on any atom is 0.255 e. The number of hydrogen-bond acceptors (Lipinski definition) is 6. The minimum Gasteiger partial charge on any atom is -0.489 e. The van der Waals surface area contributed by atoms with Crippen LogP contribution in [0.1, 0.15) is 27.2 Å². The van der Waals surface area contributed by atoms with E-state index in [1.165, 1.54) is 11.1 Å². The van der Waals surface area contributed by atoms with Crippen LogP contribution < -0.4 is 15.0 Å². The molecule has 0 radical (unpaired) electrons. The van der Waals surface area contributed by atoms with Crippen LogP contribution in [0.3, 0.4) is 0 Å². The summed E-state index contributed by atoms with van der Waals surface area (Å²) >= 11 is 13.9. The Morgan fingerprint density at radius 1 is 1.02 bits per heavy atom. The van der Waals surface area contributed by atoms with E-state index in [9.17, 15) is 4.79 Å². The van der Waals surface area contributed by atoms with Gasteiger partial charge >= 0.3 is 0 Å². The van der Waals surface area contributed by atoms with Crippen LogP contribution in [0.15, 0.2) is 84.9 Å². The van der Waals surface area contributed by atoms with Gasteiger partial charge in [-0.25, -0.2) is 4.98 Å². The number of para-hydroxylation sites is 1. The van der Waals surface area contributed by atoms with E-state index in [1.807, 2.05) is 42.4 Å². The monoisotopic (exact) mass is 603 g/mol. The molecule has 0 saturated heterocycles. The number of aromatic nitrogens is 3. The Morgan fingerprint density at radius 3 is 2.71 bits per heavy atom. The summed E-state index contributed by atoms with van der Waals surface area (Å²) in [6, 6.07) is 19.6. The number of imidazole rings is 1. The molecule has 0 saturated carbocycles. The van der Waals surface area contributed by atoms with Gasteiger partial charge in [0, 0.05) is 35.5 Å². The number of ether oxygens (including phenoxy) is 1. The van der Waals surface area contributed by atoms with Crippen LogP contribution in [0.4, 0.5) is 5.69 Å². The van der Waals surface area contributed by atoms with Gasteiger partial charge < -0.3 is 19.5 Å². The number of amides is 1. The lowest BCUT2D eigenvalue weighted by molar-refractivity contribution is 0.0949. The van der Waals surface area contributed by atoms with E-state index in [4.69, 9.17) is 27.9 Å². The number of fused-ring (bicyclic) bond motifs is 1. The molecule has 0 spiro atoms. The van der Waals surface area contributed by atoms with Gasteiger partial charge in [0.25, 0.3) is 5.91 Å². The number of nitrogens with one attached hydrogen (secondary N) is 1. The third kappa shape index (κ3) is 6.25. The molecule has 1 amide bonds. The normalized spacial score (nSPS) is 12.6. The molecule has 0 unspecified atom stereocenters. The largest absolute Gasteiger partial charge is 0.489 e. The molecule has 208 valence electrons. The number of carbonyl (C=O) groups is 1. The van der Waals surface area contributed by atoms with E-state index >= 15 is 0 Å². The zero-order valence-corrected chi connectivity index (χ0v) is 24.4. The second kappa shape index (κ2) is 12.3. The lowest BCUT2D eigenvalue weighted by atomic mass is 10.1. The number of anilines is 1. The van der Waals surface area contributed by atoms with Crippen molar-refractivity contribution in [1.29, 1.82) is 0 Å². The minimum absolute atomic E-state index is 0.180. The number of halogens is 2. The molecule has 41 heavy (non-hydrogen) atoms. The highest BCUT2D eigenvalue weighted by molar-refractivity contribution is 7.13. The Bertz CT molecular complexity index is 1650. The fraction of sp³-hybridized carbons (Fsp3) is 0.194. The highest BCUT2D eigenvalue weighted by Gasteiger charge is 2.24.